The van der Waals surface area contributed by atoms with Crippen molar-refractivity contribution in [2.45, 2.75) is 50.9 Å². The highest BCUT2D eigenvalue weighted by Gasteiger charge is 2.50. The summed E-state index contributed by atoms with van der Waals surface area (Å²) in [5, 5.41) is 26.0. The number of ether oxygens (including phenoxy) is 1. The fourth-order valence-electron chi connectivity index (χ4n) is 4.75. The Labute approximate surface area is 320 Å². The zero-order valence-corrected chi connectivity index (χ0v) is 32.7. The molecule has 26 nitrogen and oxygen atoms in total. The van der Waals surface area contributed by atoms with E-state index in [4.69, 9.17) is 19.5 Å². The lowest BCUT2D eigenvalue weighted by molar-refractivity contribution is -0.137. The van der Waals surface area contributed by atoms with E-state index in [1.807, 2.05) is 0 Å². The van der Waals surface area contributed by atoms with Crippen LogP contribution in [0.2, 0.25) is 0 Å². The molecule has 7 atom stereocenters. The molecule has 10 N–H and O–H groups in total. The van der Waals surface area contributed by atoms with Gasteiger partial charge in [-0.25, -0.2) is 33.6 Å². The molecule has 2 amide bonds. The SMILES string of the molecule is CC(C)(COP(=O)(O)OP(=O)(O)OC[C@H]1O[C@@H](n2cnc3c(N)ncnc32)C(O)C1OP(=O)(O)O)[C@H](O)C(=O)NCCC(=O)NCCSC(=O)c1cnccn1. The molecule has 56 heavy (non-hydrogen) atoms. The third kappa shape index (κ3) is 12.8. The van der Waals surface area contributed by atoms with Crippen LogP contribution in [-0.2, 0) is 45.9 Å². The first-order valence-corrected chi connectivity index (χ1v) is 21.4. The summed E-state index contributed by atoms with van der Waals surface area (Å²) < 4.78 is 62.0. The fourth-order valence-corrected chi connectivity index (χ4v) is 8.22. The van der Waals surface area contributed by atoms with Crippen LogP contribution >= 0.6 is 35.2 Å². The summed E-state index contributed by atoms with van der Waals surface area (Å²) >= 11 is 0.921. The second-order valence-corrected chi connectivity index (χ2v) is 17.6. The largest absolute Gasteiger partial charge is 0.481 e. The Balaban J connectivity index is 1.23. The van der Waals surface area contributed by atoms with Crippen LogP contribution in [0.3, 0.4) is 0 Å². The molecule has 0 aliphatic carbocycles. The van der Waals surface area contributed by atoms with Gasteiger partial charge in [0.15, 0.2) is 17.7 Å². The maximum absolute atomic E-state index is 12.7. The van der Waals surface area contributed by atoms with E-state index in [1.54, 1.807) is 0 Å². The zero-order valence-electron chi connectivity index (χ0n) is 29.2. The molecule has 310 valence electrons. The van der Waals surface area contributed by atoms with Gasteiger partial charge in [-0.15, -0.1) is 0 Å². The number of imidazole rings is 1. The van der Waals surface area contributed by atoms with E-state index in [2.05, 4.69) is 44.4 Å². The molecule has 1 saturated heterocycles. The Morgan fingerprint density at radius 2 is 1.75 bits per heavy atom. The van der Waals surface area contributed by atoms with E-state index >= 15 is 0 Å². The van der Waals surface area contributed by atoms with Gasteiger partial charge in [0.05, 0.1) is 25.7 Å². The number of carbonyl (C=O) groups excluding carboxylic acids is 3. The van der Waals surface area contributed by atoms with Crippen molar-refractivity contribution in [3.05, 3.63) is 36.9 Å². The summed E-state index contributed by atoms with van der Waals surface area (Å²) in [4.78, 5) is 95.2. The Kier molecular flexibility index (Phi) is 15.3. The third-order valence-electron chi connectivity index (χ3n) is 7.51. The van der Waals surface area contributed by atoms with Crippen LogP contribution in [0.5, 0.6) is 0 Å². The average Bonchev–Trinajstić information content (AvgIpc) is 3.68. The second kappa shape index (κ2) is 18.9. The van der Waals surface area contributed by atoms with E-state index in [9.17, 15) is 57.9 Å². The molecule has 30 heteroatoms. The van der Waals surface area contributed by atoms with Crippen LogP contribution in [0.1, 0.15) is 37.0 Å². The van der Waals surface area contributed by atoms with Crippen molar-refractivity contribution in [2.24, 2.45) is 5.41 Å². The lowest BCUT2D eigenvalue weighted by atomic mass is 9.87. The van der Waals surface area contributed by atoms with E-state index in [0.29, 0.717) is 0 Å². The van der Waals surface area contributed by atoms with Crippen LogP contribution in [0, 0.1) is 5.41 Å². The summed E-state index contributed by atoms with van der Waals surface area (Å²) in [6, 6.07) is 0. The van der Waals surface area contributed by atoms with Gasteiger partial charge in [-0.2, -0.15) is 4.31 Å². The number of aliphatic hydroxyl groups is 2. The lowest BCUT2D eigenvalue weighted by Crippen LogP contribution is -2.46. The normalized spacial score (nSPS) is 21.6. The number of thioether (sulfide) groups is 1. The van der Waals surface area contributed by atoms with Crippen molar-refractivity contribution in [3.8, 4) is 0 Å². The Hall–Kier alpha value is -3.36. The van der Waals surface area contributed by atoms with Crippen molar-refractivity contribution in [3.63, 3.8) is 0 Å². The maximum Gasteiger partial charge on any atom is 0.481 e. The van der Waals surface area contributed by atoms with Gasteiger partial charge in [0, 0.05) is 43.1 Å². The van der Waals surface area contributed by atoms with E-state index in [-0.39, 0.29) is 53.1 Å². The van der Waals surface area contributed by atoms with Gasteiger partial charge in [0.25, 0.3) is 0 Å². The molecule has 3 aromatic rings. The number of nitrogens with zero attached hydrogens (tertiary/aromatic N) is 6. The number of carbonyl (C=O) groups is 3. The number of aromatic nitrogens is 6. The smallest absolute Gasteiger partial charge is 0.386 e. The number of hydrogen-bond acceptors (Lipinski definition) is 20. The van der Waals surface area contributed by atoms with Crippen molar-refractivity contribution in [1.82, 2.24) is 40.1 Å². The molecule has 0 bridgehead atoms. The van der Waals surface area contributed by atoms with Gasteiger partial charge in [-0.05, 0) is 0 Å². The average molecular weight is 874 g/mol. The second-order valence-electron chi connectivity index (χ2n) is 12.3. The van der Waals surface area contributed by atoms with Crippen LogP contribution in [0.4, 0.5) is 5.82 Å². The molecule has 0 spiro atoms. The minimum Gasteiger partial charge on any atom is -0.386 e. The number of hydrogen-bond donors (Lipinski definition) is 9. The highest BCUT2D eigenvalue weighted by Crippen LogP contribution is 2.61. The quantitative estimate of drug-likeness (QED) is 0.0474. The standard InChI is InChI=1S/C26H38N9O17P3S/c1-26(2,20(38)23(39)31-4-3-16(36)30-7-8-56-25(40)14-9-28-5-6-29-14)11-49-55(46,47)52-54(44,45)48-10-15-19(51-53(41,42)43)18(37)24(50-15)35-13-34-17-21(27)32-12-33-22(17)35/h5-6,9,12-13,15,18-20,24,37-38H,3-4,7-8,10-11H2,1-2H3,(H,30,36)(H,31,39)(H,44,45)(H,46,47)(H2,27,32,33)(H2,41,42,43)/t15-,18?,19?,20-,24-/m1/s1. The molecule has 4 rings (SSSR count). The number of anilines is 1. The lowest BCUT2D eigenvalue weighted by Gasteiger charge is -2.30. The summed E-state index contributed by atoms with van der Waals surface area (Å²) in [5.41, 5.74) is 4.40. The number of nitrogens with two attached hydrogens (primary N) is 1. The van der Waals surface area contributed by atoms with Crippen molar-refractivity contribution < 1.29 is 80.5 Å². The molecule has 0 aromatic carbocycles. The van der Waals surface area contributed by atoms with Crippen LogP contribution < -0.4 is 16.4 Å². The maximum atomic E-state index is 12.7. The number of aliphatic hydroxyl groups excluding tert-OH is 2. The Morgan fingerprint density at radius 1 is 1.04 bits per heavy atom. The molecule has 1 fully saturated rings. The highest BCUT2D eigenvalue weighted by molar-refractivity contribution is 8.14. The minimum absolute atomic E-state index is 0.0263. The van der Waals surface area contributed by atoms with Crippen molar-refractivity contribution in [2.75, 3.05) is 37.8 Å². The summed E-state index contributed by atoms with van der Waals surface area (Å²) in [5.74, 6) is -1.28. The van der Waals surface area contributed by atoms with E-state index in [0.717, 1.165) is 29.0 Å². The molecule has 0 saturated carbocycles. The van der Waals surface area contributed by atoms with Gasteiger partial charge in [-0.1, -0.05) is 25.6 Å². The number of phosphoric ester groups is 3. The van der Waals surface area contributed by atoms with Crippen molar-refractivity contribution >= 4 is 69.1 Å². The highest BCUT2D eigenvalue weighted by atomic mass is 32.2. The number of nitrogen functional groups attached to an aromatic ring is 1. The number of nitrogens with one attached hydrogen (secondary N) is 2. The van der Waals surface area contributed by atoms with Crippen LogP contribution in [0.15, 0.2) is 31.2 Å². The first-order valence-electron chi connectivity index (χ1n) is 15.9. The number of rotatable bonds is 20. The molecular weight excluding hydrogens is 835 g/mol. The van der Waals surface area contributed by atoms with E-state index < -0.39 is 84.6 Å². The van der Waals surface area contributed by atoms with Gasteiger partial charge in [0.2, 0.25) is 16.9 Å². The van der Waals surface area contributed by atoms with Gasteiger partial charge in [0.1, 0.15) is 42.0 Å². The third-order valence-corrected chi connectivity index (χ3v) is 11.5. The van der Waals surface area contributed by atoms with Crippen molar-refractivity contribution in [1.29, 1.82) is 0 Å². The number of amides is 2. The molecular formula is C26H38N9O17P3S. The fraction of sp³-hybridized carbons (Fsp3) is 0.538. The Bertz CT molecular complexity index is 2010. The first-order chi connectivity index (χ1) is 26.1. The van der Waals surface area contributed by atoms with Gasteiger partial charge >= 0.3 is 23.5 Å². The number of fused-ring (bicyclic) bond motifs is 1. The molecule has 3 aromatic heterocycles. The molecule has 4 unspecified atom stereocenters. The molecule has 1 aliphatic rings. The molecule has 0 radical (unpaired) electrons. The minimum atomic E-state index is -5.58. The monoisotopic (exact) mass is 873 g/mol. The number of phosphoric acid groups is 3. The van der Waals surface area contributed by atoms with Crippen LogP contribution in [-0.4, -0.2) is 133 Å². The summed E-state index contributed by atoms with van der Waals surface area (Å²) in [7, 11) is -16.4. The van der Waals surface area contributed by atoms with Gasteiger partial charge in [-0.3, -0.25) is 37.5 Å². The topological polar surface area (TPSA) is 389 Å². The predicted molar refractivity (Wildman–Crippen MR) is 188 cm³/mol. The van der Waals surface area contributed by atoms with E-state index in [1.165, 1.54) is 32.4 Å². The van der Waals surface area contributed by atoms with Gasteiger partial charge < -0.3 is 50.9 Å². The predicted octanol–water partition coefficient (Wildman–Crippen LogP) is -1.23. The summed E-state index contributed by atoms with van der Waals surface area (Å²) in [6.45, 7) is 0.352. The zero-order chi connectivity index (χ0) is 41.5. The molecule has 1 aliphatic heterocycles. The van der Waals surface area contributed by atoms with Crippen LogP contribution in [0.25, 0.3) is 11.2 Å². The first kappa shape index (κ1) is 45.3. The Morgan fingerprint density at radius 3 is 2.43 bits per heavy atom. The molecule has 4 heterocycles. The summed E-state index contributed by atoms with van der Waals surface area (Å²) in [6.07, 6.45) is -2.89.